The molecule has 0 atom stereocenters. The number of halogens is 4. The predicted molar refractivity (Wildman–Crippen MR) is 105 cm³/mol. The first-order valence-electron chi connectivity index (χ1n) is 9.23. The standard InChI is InChI=1S/C21H20F4N2O3/c1-29-18-10-13(4-6-17(18)30-21(24)25)5-7-19(28)26-14-11-15(22)20(16(23)12-14)27-8-2-3-9-27/h4-7,10-12,21H,2-3,8-9H2,1H3,(H,26,28). The first kappa shape index (κ1) is 21.5. The molecule has 9 heteroatoms. The second-order valence-electron chi connectivity index (χ2n) is 6.59. The molecule has 160 valence electrons. The van der Waals surface area contributed by atoms with Gasteiger partial charge in [-0.25, -0.2) is 8.78 Å². The fraction of sp³-hybridized carbons (Fsp3) is 0.286. The number of nitrogens with one attached hydrogen (secondary N) is 1. The Kier molecular flexibility index (Phi) is 6.81. The maximum absolute atomic E-state index is 14.3. The Morgan fingerprint density at radius 3 is 2.37 bits per heavy atom. The summed E-state index contributed by atoms with van der Waals surface area (Å²) in [5.74, 6) is -2.17. The molecule has 1 fully saturated rings. The van der Waals surface area contributed by atoms with Crippen LogP contribution in [-0.2, 0) is 4.79 Å². The van der Waals surface area contributed by atoms with Crippen LogP contribution in [0.2, 0.25) is 0 Å². The lowest BCUT2D eigenvalue weighted by molar-refractivity contribution is -0.111. The van der Waals surface area contributed by atoms with Gasteiger partial charge in [-0.1, -0.05) is 6.07 Å². The number of nitrogens with zero attached hydrogens (tertiary/aromatic N) is 1. The first-order chi connectivity index (χ1) is 14.4. The fourth-order valence-electron chi connectivity index (χ4n) is 3.22. The zero-order valence-electron chi connectivity index (χ0n) is 16.1. The van der Waals surface area contributed by atoms with Gasteiger partial charge in [-0.15, -0.1) is 0 Å². The van der Waals surface area contributed by atoms with Crippen LogP contribution in [0.25, 0.3) is 6.08 Å². The largest absolute Gasteiger partial charge is 0.493 e. The molecule has 1 amide bonds. The van der Waals surface area contributed by atoms with Gasteiger partial charge in [0.1, 0.15) is 5.69 Å². The molecule has 0 aromatic heterocycles. The summed E-state index contributed by atoms with van der Waals surface area (Å²) in [7, 11) is 1.29. The monoisotopic (exact) mass is 424 g/mol. The van der Waals surface area contributed by atoms with Gasteiger partial charge in [-0.2, -0.15) is 8.78 Å². The Labute approximate surface area is 170 Å². The molecule has 0 unspecified atom stereocenters. The van der Waals surface area contributed by atoms with Gasteiger partial charge >= 0.3 is 6.61 Å². The van der Waals surface area contributed by atoms with Gasteiger partial charge in [0, 0.05) is 24.9 Å². The minimum Gasteiger partial charge on any atom is -0.493 e. The summed E-state index contributed by atoms with van der Waals surface area (Å²) < 4.78 is 62.7. The van der Waals surface area contributed by atoms with Crippen molar-refractivity contribution in [1.29, 1.82) is 0 Å². The van der Waals surface area contributed by atoms with Crippen LogP contribution in [-0.4, -0.2) is 32.7 Å². The number of hydrogen-bond acceptors (Lipinski definition) is 4. The SMILES string of the molecule is COc1cc(C=CC(=O)Nc2cc(F)c(N3CCCC3)c(F)c2)ccc1OC(F)F. The molecular formula is C21H20F4N2O3. The maximum atomic E-state index is 14.3. The van der Waals surface area contributed by atoms with Gasteiger partial charge in [0.05, 0.1) is 7.11 Å². The van der Waals surface area contributed by atoms with E-state index in [9.17, 15) is 22.4 Å². The van der Waals surface area contributed by atoms with Gasteiger partial charge in [0.15, 0.2) is 23.1 Å². The van der Waals surface area contributed by atoms with Crippen LogP contribution in [0.1, 0.15) is 18.4 Å². The van der Waals surface area contributed by atoms with Crippen molar-refractivity contribution < 1.29 is 31.8 Å². The Morgan fingerprint density at radius 2 is 1.77 bits per heavy atom. The summed E-state index contributed by atoms with van der Waals surface area (Å²) in [6.45, 7) is -1.82. The summed E-state index contributed by atoms with van der Waals surface area (Å²) in [5.41, 5.74) is 0.380. The number of hydrogen-bond donors (Lipinski definition) is 1. The quantitative estimate of drug-likeness (QED) is 0.511. The molecule has 5 nitrogen and oxygen atoms in total. The highest BCUT2D eigenvalue weighted by atomic mass is 19.3. The molecule has 2 aromatic rings. The highest BCUT2D eigenvalue weighted by Gasteiger charge is 2.21. The van der Waals surface area contributed by atoms with E-state index in [1.165, 1.54) is 31.4 Å². The second kappa shape index (κ2) is 9.51. The summed E-state index contributed by atoms with van der Waals surface area (Å²) in [6, 6.07) is 6.29. The highest BCUT2D eigenvalue weighted by molar-refractivity contribution is 6.02. The lowest BCUT2D eigenvalue weighted by Crippen LogP contribution is -2.21. The Morgan fingerprint density at radius 1 is 1.10 bits per heavy atom. The van der Waals surface area contributed by atoms with Gasteiger partial charge in [-0.3, -0.25) is 4.79 Å². The van der Waals surface area contributed by atoms with Crippen molar-refractivity contribution in [1.82, 2.24) is 0 Å². The van der Waals surface area contributed by atoms with E-state index < -0.39 is 24.2 Å². The molecule has 1 heterocycles. The van der Waals surface area contributed by atoms with E-state index in [2.05, 4.69) is 10.1 Å². The van der Waals surface area contributed by atoms with Gasteiger partial charge < -0.3 is 19.7 Å². The highest BCUT2D eigenvalue weighted by Crippen LogP contribution is 2.31. The Bertz CT molecular complexity index is 921. The average Bonchev–Trinajstić information content (AvgIpc) is 3.20. The number of rotatable bonds is 7. The minimum absolute atomic E-state index is 0.0131. The van der Waals surface area contributed by atoms with E-state index in [0.717, 1.165) is 31.1 Å². The van der Waals surface area contributed by atoms with Crippen LogP contribution in [0.3, 0.4) is 0 Å². The molecule has 1 saturated heterocycles. The Hall–Kier alpha value is -3.23. The Balaban J connectivity index is 1.69. The van der Waals surface area contributed by atoms with E-state index in [1.807, 2.05) is 0 Å². The first-order valence-corrected chi connectivity index (χ1v) is 9.23. The molecule has 30 heavy (non-hydrogen) atoms. The van der Waals surface area contributed by atoms with Crippen LogP contribution in [0.15, 0.2) is 36.4 Å². The zero-order chi connectivity index (χ0) is 21.7. The van der Waals surface area contributed by atoms with Gasteiger partial charge in [-0.05, 0) is 48.7 Å². The molecule has 0 spiro atoms. The number of carbonyl (C=O) groups is 1. The number of ether oxygens (including phenoxy) is 2. The van der Waals surface area contributed by atoms with Crippen molar-refractivity contribution in [3.8, 4) is 11.5 Å². The smallest absolute Gasteiger partial charge is 0.387 e. The molecule has 0 bridgehead atoms. The number of amides is 1. The second-order valence-corrected chi connectivity index (χ2v) is 6.59. The van der Waals surface area contributed by atoms with E-state index in [0.29, 0.717) is 18.7 Å². The molecule has 1 aliphatic rings. The molecule has 2 aromatic carbocycles. The van der Waals surface area contributed by atoms with Crippen molar-refractivity contribution in [2.45, 2.75) is 19.5 Å². The van der Waals surface area contributed by atoms with Crippen LogP contribution in [0.4, 0.5) is 28.9 Å². The number of alkyl halides is 2. The number of carbonyl (C=O) groups excluding carboxylic acids is 1. The molecule has 1 N–H and O–H groups in total. The van der Waals surface area contributed by atoms with Gasteiger partial charge in [0.2, 0.25) is 5.91 Å². The molecular weight excluding hydrogens is 404 g/mol. The average molecular weight is 424 g/mol. The molecule has 0 saturated carbocycles. The minimum atomic E-state index is -3.00. The van der Waals surface area contributed by atoms with Crippen LogP contribution >= 0.6 is 0 Å². The normalized spacial score (nSPS) is 13.9. The molecule has 0 aliphatic carbocycles. The van der Waals surface area contributed by atoms with E-state index >= 15 is 0 Å². The van der Waals surface area contributed by atoms with Crippen molar-refractivity contribution in [2.24, 2.45) is 0 Å². The molecule has 1 aliphatic heterocycles. The third-order valence-electron chi connectivity index (χ3n) is 4.54. The summed E-state index contributed by atoms with van der Waals surface area (Å²) in [5, 5.41) is 2.40. The van der Waals surface area contributed by atoms with E-state index in [4.69, 9.17) is 4.74 Å². The maximum Gasteiger partial charge on any atom is 0.387 e. The predicted octanol–water partition coefficient (Wildman–Crippen LogP) is 4.83. The van der Waals surface area contributed by atoms with Crippen molar-refractivity contribution >= 4 is 23.4 Å². The third kappa shape index (κ3) is 5.22. The van der Waals surface area contributed by atoms with Crippen LogP contribution in [0, 0.1) is 11.6 Å². The van der Waals surface area contributed by atoms with Crippen molar-refractivity contribution in [3.05, 3.63) is 53.6 Å². The molecule has 0 radical (unpaired) electrons. The van der Waals surface area contributed by atoms with Crippen molar-refractivity contribution in [2.75, 3.05) is 30.4 Å². The molecule has 3 rings (SSSR count). The van der Waals surface area contributed by atoms with Crippen LogP contribution in [0.5, 0.6) is 11.5 Å². The topological polar surface area (TPSA) is 50.8 Å². The van der Waals surface area contributed by atoms with Crippen LogP contribution < -0.4 is 19.7 Å². The summed E-state index contributed by atoms with van der Waals surface area (Å²) in [4.78, 5) is 13.8. The fourth-order valence-corrected chi connectivity index (χ4v) is 3.22. The summed E-state index contributed by atoms with van der Waals surface area (Å²) in [6.07, 6.45) is 4.30. The van der Waals surface area contributed by atoms with Gasteiger partial charge in [0.25, 0.3) is 0 Å². The number of anilines is 2. The zero-order valence-corrected chi connectivity index (χ0v) is 16.1. The van der Waals surface area contributed by atoms with E-state index in [1.54, 1.807) is 4.90 Å². The number of benzene rings is 2. The summed E-state index contributed by atoms with van der Waals surface area (Å²) >= 11 is 0. The lowest BCUT2D eigenvalue weighted by Gasteiger charge is -2.19. The van der Waals surface area contributed by atoms with Crippen molar-refractivity contribution in [3.63, 3.8) is 0 Å². The number of methoxy groups -OCH3 is 1. The van der Waals surface area contributed by atoms with E-state index in [-0.39, 0.29) is 22.9 Å². The third-order valence-corrected chi connectivity index (χ3v) is 4.54. The lowest BCUT2D eigenvalue weighted by atomic mass is 10.2.